The predicted molar refractivity (Wildman–Crippen MR) is 103 cm³/mol. The molecule has 154 valence electrons. The molecule has 2 unspecified atom stereocenters. The number of halogens is 1. The molecule has 2 heterocycles. The van der Waals surface area contributed by atoms with Crippen molar-refractivity contribution < 1.29 is 17.7 Å². The molecule has 27 heavy (non-hydrogen) atoms. The number of hydrogen-bond donors (Lipinski definition) is 3. The molecule has 1 amide bonds. The number of sulfonamides is 1. The van der Waals surface area contributed by atoms with Crippen LogP contribution in [0.25, 0.3) is 0 Å². The summed E-state index contributed by atoms with van der Waals surface area (Å²) in [6.45, 7) is 6.13. The Labute approximate surface area is 166 Å². The summed E-state index contributed by atoms with van der Waals surface area (Å²) in [5, 5.41) is 10.2. The van der Waals surface area contributed by atoms with Crippen molar-refractivity contribution in [3.8, 4) is 0 Å². The molecule has 1 saturated carbocycles. The minimum absolute atomic E-state index is 0. The summed E-state index contributed by atoms with van der Waals surface area (Å²) in [7, 11) is -3.90. The highest BCUT2D eigenvalue weighted by Crippen LogP contribution is 2.33. The van der Waals surface area contributed by atoms with E-state index in [-0.39, 0.29) is 41.1 Å². The van der Waals surface area contributed by atoms with Crippen LogP contribution in [0.1, 0.15) is 56.9 Å². The lowest BCUT2D eigenvalue weighted by atomic mass is 9.94. The summed E-state index contributed by atoms with van der Waals surface area (Å²) in [6.07, 6.45) is 4.51. The Morgan fingerprint density at radius 1 is 1.26 bits per heavy atom. The Bertz CT molecular complexity index is 754. The molecule has 0 bridgehead atoms. The summed E-state index contributed by atoms with van der Waals surface area (Å²) >= 11 is 0. The van der Waals surface area contributed by atoms with Crippen LogP contribution in [-0.2, 0) is 14.8 Å². The van der Waals surface area contributed by atoms with Gasteiger partial charge in [0.1, 0.15) is 16.1 Å². The molecule has 2 fully saturated rings. The first-order valence-corrected chi connectivity index (χ1v) is 10.7. The number of carbonyl (C=O) groups excluding carboxylic acids is 1. The number of rotatable bonds is 5. The maximum Gasteiger partial charge on any atom is 0.246 e. The summed E-state index contributed by atoms with van der Waals surface area (Å²) in [4.78, 5) is 13.1. The molecule has 1 aromatic heterocycles. The SMILES string of the molecule is Cc1noc(C)c1S(=O)(=O)NC1(C(=O)NC2CCCNC2C)CCCC1.Cl. The van der Waals surface area contributed by atoms with Crippen molar-refractivity contribution in [2.75, 3.05) is 6.54 Å². The molecule has 1 aromatic rings. The van der Waals surface area contributed by atoms with Gasteiger partial charge in [0, 0.05) is 12.1 Å². The van der Waals surface area contributed by atoms with E-state index in [1.807, 2.05) is 6.92 Å². The monoisotopic (exact) mass is 420 g/mol. The Balaban J connectivity index is 0.00000261. The standard InChI is InChI=1S/C17H28N4O4S.ClH/c1-11-14(7-6-10-18-11)19-16(22)17(8-4-5-9-17)21-26(23,24)15-12(2)20-25-13(15)3;/h11,14,18,21H,4-10H2,1-3H3,(H,19,22);1H. The first-order chi connectivity index (χ1) is 12.3. The second kappa shape index (κ2) is 8.46. The maximum atomic E-state index is 13.1. The van der Waals surface area contributed by atoms with Crippen molar-refractivity contribution in [1.82, 2.24) is 20.5 Å². The molecule has 3 rings (SSSR count). The third-order valence-electron chi connectivity index (χ3n) is 5.54. The fourth-order valence-electron chi connectivity index (χ4n) is 4.07. The van der Waals surface area contributed by atoms with Crippen LogP contribution in [-0.4, -0.2) is 43.6 Å². The second-order valence-corrected chi connectivity index (χ2v) is 9.13. The third kappa shape index (κ3) is 4.47. The minimum atomic E-state index is -3.90. The zero-order valence-electron chi connectivity index (χ0n) is 16.0. The highest BCUT2D eigenvalue weighted by Gasteiger charge is 2.46. The van der Waals surface area contributed by atoms with Gasteiger partial charge in [0.2, 0.25) is 15.9 Å². The van der Waals surface area contributed by atoms with Gasteiger partial charge in [0.15, 0.2) is 5.76 Å². The molecule has 1 saturated heterocycles. The van der Waals surface area contributed by atoms with E-state index in [2.05, 4.69) is 20.5 Å². The Kier molecular flexibility index (Phi) is 6.94. The van der Waals surface area contributed by atoms with Gasteiger partial charge in [-0.05, 0) is 53.0 Å². The number of hydrogen-bond acceptors (Lipinski definition) is 6. The van der Waals surface area contributed by atoms with Crippen LogP contribution in [0.5, 0.6) is 0 Å². The molecule has 0 radical (unpaired) electrons. The number of aromatic nitrogens is 1. The van der Waals surface area contributed by atoms with Gasteiger partial charge in [-0.2, -0.15) is 4.72 Å². The number of nitrogens with zero attached hydrogens (tertiary/aromatic N) is 1. The molecule has 2 atom stereocenters. The van der Waals surface area contributed by atoms with Gasteiger partial charge in [-0.1, -0.05) is 18.0 Å². The van der Waals surface area contributed by atoms with E-state index in [0.29, 0.717) is 18.5 Å². The minimum Gasteiger partial charge on any atom is -0.360 e. The zero-order chi connectivity index (χ0) is 18.9. The number of carbonyl (C=O) groups is 1. The molecular weight excluding hydrogens is 392 g/mol. The van der Waals surface area contributed by atoms with Crippen molar-refractivity contribution >= 4 is 28.3 Å². The van der Waals surface area contributed by atoms with Crippen LogP contribution in [0.3, 0.4) is 0 Å². The summed E-state index contributed by atoms with van der Waals surface area (Å²) in [6, 6.07) is 0.183. The highest BCUT2D eigenvalue weighted by atomic mass is 35.5. The number of piperidine rings is 1. The largest absolute Gasteiger partial charge is 0.360 e. The van der Waals surface area contributed by atoms with Gasteiger partial charge in [-0.3, -0.25) is 4.79 Å². The number of aryl methyl sites for hydroxylation is 2. The van der Waals surface area contributed by atoms with Crippen molar-refractivity contribution in [2.24, 2.45) is 0 Å². The van der Waals surface area contributed by atoms with E-state index in [1.165, 1.54) is 0 Å². The smallest absolute Gasteiger partial charge is 0.246 e. The molecule has 3 N–H and O–H groups in total. The fraction of sp³-hybridized carbons (Fsp3) is 0.765. The first-order valence-electron chi connectivity index (χ1n) is 9.26. The maximum absolute atomic E-state index is 13.1. The quantitative estimate of drug-likeness (QED) is 0.666. The first kappa shape index (κ1) is 22.1. The molecule has 8 nitrogen and oxygen atoms in total. The lowest BCUT2D eigenvalue weighted by Crippen LogP contribution is -2.61. The van der Waals surface area contributed by atoms with Crippen LogP contribution in [0.15, 0.2) is 9.42 Å². The molecule has 10 heteroatoms. The Morgan fingerprint density at radius 3 is 2.48 bits per heavy atom. The van der Waals surface area contributed by atoms with Gasteiger partial charge >= 0.3 is 0 Å². The molecular formula is C17H29ClN4O4S. The third-order valence-corrected chi connectivity index (χ3v) is 7.32. The molecule has 0 aromatic carbocycles. The zero-order valence-corrected chi connectivity index (χ0v) is 17.6. The Hall–Kier alpha value is -1.16. The Morgan fingerprint density at radius 2 is 1.93 bits per heavy atom. The van der Waals surface area contributed by atoms with E-state index < -0.39 is 15.6 Å². The normalized spacial score (nSPS) is 25.0. The van der Waals surface area contributed by atoms with E-state index in [9.17, 15) is 13.2 Å². The number of nitrogens with one attached hydrogen (secondary N) is 3. The van der Waals surface area contributed by atoms with Gasteiger partial charge in [0.25, 0.3) is 0 Å². The van der Waals surface area contributed by atoms with E-state index in [0.717, 1.165) is 32.2 Å². The van der Waals surface area contributed by atoms with Crippen LogP contribution in [0.4, 0.5) is 0 Å². The van der Waals surface area contributed by atoms with Crippen molar-refractivity contribution in [1.29, 1.82) is 0 Å². The van der Waals surface area contributed by atoms with E-state index in [1.54, 1.807) is 13.8 Å². The number of amides is 1. The fourth-order valence-corrected chi connectivity index (χ4v) is 5.82. The average molecular weight is 421 g/mol. The summed E-state index contributed by atoms with van der Waals surface area (Å²) in [5.74, 6) is -0.000423. The predicted octanol–water partition coefficient (Wildman–Crippen LogP) is 1.56. The second-order valence-electron chi connectivity index (χ2n) is 7.51. The van der Waals surface area contributed by atoms with Crippen molar-refractivity contribution in [2.45, 2.75) is 81.8 Å². The topological polar surface area (TPSA) is 113 Å². The molecule has 0 spiro atoms. The molecule has 1 aliphatic carbocycles. The van der Waals surface area contributed by atoms with Crippen LogP contribution < -0.4 is 15.4 Å². The van der Waals surface area contributed by atoms with Gasteiger partial charge < -0.3 is 15.2 Å². The van der Waals surface area contributed by atoms with Gasteiger partial charge in [-0.25, -0.2) is 8.42 Å². The lowest BCUT2D eigenvalue weighted by Gasteiger charge is -2.35. The van der Waals surface area contributed by atoms with Crippen LogP contribution >= 0.6 is 12.4 Å². The van der Waals surface area contributed by atoms with Gasteiger partial charge in [-0.15, -0.1) is 12.4 Å². The van der Waals surface area contributed by atoms with Crippen LogP contribution in [0, 0.1) is 13.8 Å². The van der Waals surface area contributed by atoms with Crippen molar-refractivity contribution in [3.63, 3.8) is 0 Å². The van der Waals surface area contributed by atoms with E-state index in [4.69, 9.17) is 4.52 Å². The van der Waals surface area contributed by atoms with E-state index >= 15 is 0 Å². The molecule has 2 aliphatic rings. The van der Waals surface area contributed by atoms with Crippen LogP contribution in [0.2, 0.25) is 0 Å². The lowest BCUT2D eigenvalue weighted by molar-refractivity contribution is -0.127. The van der Waals surface area contributed by atoms with Gasteiger partial charge in [0.05, 0.1) is 0 Å². The summed E-state index contributed by atoms with van der Waals surface area (Å²) in [5.41, 5.74) is -0.805. The average Bonchev–Trinajstić information content (AvgIpc) is 3.17. The highest BCUT2D eigenvalue weighted by molar-refractivity contribution is 7.89. The summed E-state index contributed by atoms with van der Waals surface area (Å²) < 4.78 is 33.6. The van der Waals surface area contributed by atoms with Crippen molar-refractivity contribution in [3.05, 3.63) is 11.5 Å². The molecule has 1 aliphatic heterocycles.